The molecule has 1 saturated carbocycles. The van der Waals surface area contributed by atoms with Crippen LogP contribution >= 0.6 is 23.2 Å². The fraction of sp³-hybridized carbons (Fsp3) is 0.259. The fourth-order valence-electron chi connectivity index (χ4n) is 3.58. The zero-order chi connectivity index (χ0) is 28.0. The van der Waals surface area contributed by atoms with E-state index in [0.29, 0.717) is 23.7 Å². The number of nitrogens with zero attached hydrogens (tertiary/aromatic N) is 1. The Morgan fingerprint density at radius 3 is 2.38 bits per heavy atom. The first-order chi connectivity index (χ1) is 18.6. The molecule has 206 valence electrons. The molecule has 0 bridgehead atoms. The van der Waals surface area contributed by atoms with Crippen molar-refractivity contribution in [3.05, 3.63) is 93.6 Å². The highest BCUT2D eigenvalue weighted by molar-refractivity contribution is 7.94. The largest absolute Gasteiger partial charge is 0.489 e. The van der Waals surface area contributed by atoms with Gasteiger partial charge in [-0.05, 0) is 54.2 Å². The van der Waals surface area contributed by atoms with Crippen molar-refractivity contribution >= 4 is 39.0 Å². The first-order valence-corrected chi connectivity index (χ1v) is 14.1. The van der Waals surface area contributed by atoms with Crippen LogP contribution in [0, 0.1) is 5.92 Å². The van der Waals surface area contributed by atoms with Gasteiger partial charge in [0.05, 0.1) is 21.5 Å². The summed E-state index contributed by atoms with van der Waals surface area (Å²) in [7, 11) is -3.90. The number of carbonyl (C=O) groups is 1. The Labute approximate surface area is 234 Å². The first-order valence-electron chi connectivity index (χ1n) is 11.8. The Kier molecular flexibility index (Phi) is 9.42. The second-order valence-corrected chi connectivity index (χ2v) is 11.4. The lowest BCUT2D eigenvalue weighted by atomic mass is 10.0. The molecule has 7 nitrogen and oxygen atoms in total. The highest BCUT2D eigenvalue weighted by atomic mass is 35.5. The van der Waals surface area contributed by atoms with E-state index in [9.17, 15) is 22.0 Å². The van der Waals surface area contributed by atoms with E-state index in [1.807, 2.05) is 0 Å². The van der Waals surface area contributed by atoms with E-state index in [0.717, 1.165) is 24.3 Å². The maximum Gasteiger partial charge on any atom is 0.387 e. The van der Waals surface area contributed by atoms with Gasteiger partial charge in [-0.3, -0.25) is 4.98 Å². The van der Waals surface area contributed by atoms with Gasteiger partial charge in [0.25, 0.3) is 0 Å². The molecule has 0 saturated heterocycles. The van der Waals surface area contributed by atoms with Crippen LogP contribution in [0.5, 0.6) is 11.5 Å². The predicted octanol–water partition coefficient (Wildman–Crippen LogP) is 6.59. The second-order valence-electron chi connectivity index (χ2n) is 8.71. The third-order valence-electron chi connectivity index (χ3n) is 5.78. The molecule has 1 fully saturated rings. The molecule has 1 aliphatic rings. The van der Waals surface area contributed by atoms with E-state index >= 15 is 0 Å². The minimum absolute atomic E-state index is 0.00743. The van der Waals surface area contributed by atoms with Gasteiger partial charge in [-0.2, -0.15) is 8.78 Å². The van der Waals surface area contributed by atoms with Gasteiger partial charge in [0.2, 0.25) is 0 Å². The molecule has 12 heteroatoms. The summed E-state index contributed by atoms with van der Waals surface area (Å²) in [5, 5.41) is 1.18. The van der Waals surface area contributed by atoms with E-state index in [1.165, 1.54) is 42.7 Å². The molecule has 0 radical (unpaired) electrons. The van der Waals surface area contributed by atoms with Gasteiger partial charge in [0.15, 0.2) is 21.3 Å². The summed E-state index contributed by atoms with van der Waals surface area (Å²) < 4.78 is 67.0. The van der Waals surface area contributed by atoms with Crippen molar-refractivity contribution in [3.8, 4) is 11.5 Å². The summed E-state index contributed by atoms with van der Waals surface area (Å²) in [6, 6.07) is 11.7. The van der Waals surface area contributed by atoms with Crippen molar-refractivity contribution in [3.63, 3.8) is 0 Å². The maximum atomic E-state index is 13.0. The molecule has 4 rings (SSSR count). The van der Waals surface area contributed by atoms with Crippen LogP contribution in [0.3, 0.4) is 0 Å². The minimum Gasteiger partial charge on any atom is -0.489 e. The first kappa shape index (κ1) is 28.8. The highest BCUT2D eigenvalue weighted by Gasteiger charge is 2.25. The lowest BCUT2D eigenvalue weighted by Crippen LogP contribution is -2.14. The molecule has 0 aliphatic heterocycles. The van der Waals surface area contributed by atoms with E-state index in [2.05, 4.69) is 9.72 Å². The Morgan fingerprint density at radius 1 is 1.05 bits per heavy atom. The minimum atomic E-state index is -3.90. The number of halogens is 4. The van der Waals surface area contributed by atoms with Crippen molar-refractivity contribution in [1.29, 1.82) is 0 Å². The monoisotopic (exact) mass is 597 g/mol. The van der Waals surface area contributed by atoms with E-state index in [1.54, 1.807) is 18.2 Å². The van der Waals surface area contributed by atoms with Crippen LogP contribution in [0.15, 0.2) is 77.3 Å². The highest BCUT2D eigenvalue weighted by Crippen LogP contribution is 2.38. The predicted molar refractivity (Wildman–Crippen MR) is 141 cm³/mol. The van der Waals surface area contributed by atoms with Gasteiger partial charge in [0.1, 0.15) is 6.10 Å². The lowest BCUT2D eigenvalue weighted by molar-refractivity contribution is -0.143. The van der Waals surface area contributed by atoms with Crippen LogP contribution in [0.4, 0.5) is 8.78 Å². The zero-order valence-electron chi connectivity index (χ0n) is 20.3. The number of carbonyl (C=O) groups excluding carboxylic acids is 1. The molecule has 1 atom stereocenters. The van der Waals surface area contributed by atoms with Gasteiger partial charge in [0, 0.05) is 30.3 Å². The van der Waals surface area contributed by atoms with E-state index in [-0.39, 0.29) is 32.9 Å². The summed E-state index contributed by atoms with van der Waals surface area (Å²) in [5.41, 5.74) is 0.777. The van der Waals surface area contributed by atoms with Crippen LogP contribution in [-0.2, 0) is 25.8 Å². The third kappa shape index (κ3) is 8.14. The van der Waals surface area contributed by atoms with E-state index < -0.39 is 28.5 Å². The Bertz CT molecular complexity index is 1430. The molecule has 0 amide bonds. The number of esters is 1. The van der Waals surface area contributed by atoms with Crippen molar-refractivity contribution in [1.82, 2.24) is 4.98 Å². The molecule has 1 heterocycles. The van der Waals surface area contributed by atoms with Crippen LogP contribution in [0.2, 0.25) is 10.0 Å². The van der Waals surface area contributed by atoms with Crippen molar-refractivity contribution in [2.75, 3.05) is 6.61 Å². The number of sulfone groups is 1. The number of hydrogen-bond acceptors (Lipinski definition) is 7. The summed E-state index contributed by atoms with van der Waals surface area (Å²) in [6.07, 6.45) is 4.41. The van der Waals surface area contributed by atoms with Crippen LogP contribution in [0.1, 0.15) is 30.1 Å². The van der Waals surface area contributed by atoms with Crippen molar-refractivity contribution in [2.24, 2.45) is 5.92 Å². The summed E-state index contributed by atoms with van der Waals surface area (Å²) in [4.78, 5) is 16.7. The van der Waals surface area contributed by atoms with Crippen LogP contribution < -0.4 is 9.47 Å². The molecular weight excluding hydrogens is 575 g/mol. The van der Waals surface area contributed by atoms with Gasteiger partial charge < -0.3 is 14.2 Å². The Balaban J connectivity index is 1.63. The van der Waals surface area contributed by atoms with Gasteiger partial charge in [-0.25, -0.2) is 13.2 Å². The average molecular weight is 598 g/mol. The summed E-state index contributed by atoms with van der Waals surface area (Å²) >= 11 is 12.6. The molecule has 2 aromatic carbocycles. The number of hydrogen-bond donors (Lipinski definition) is 0. The molecule has 3 aromatic rings. The van der Waals surface area contributed by atoms with Gasteiger partial charge in [-0.1, -0.05) is 47.5 Å². The van der Waals surface area contributed by atoms with Crippen molar-refractivity contribution in [2.45, 2.75) is 36.9 Å². The number of benzene rings is 2. The number of pyridine rings is 1. The molecular formula is C27H23Cl2F2NO6S. The standard InChI is InChI=1S/C27H23Cl2F2NO6S/c28-21-14-32-15-22(29)20(21)13-24(37-26(33)10-11-39(34,35)19-4-2-1-3-5-19)18-8-9-23(38-27(30)31)25(12-18)36-16-17-6-7-17/h1-5,8-12,14-15,17,24,27H,6-7,13,16H2/b11-10+/t24-/m0/s1. The zero-order valence-corrected chi connectivity index (χ0v) is 22.6. The van der Waals surface area contributed by atoms with Crippen LogP contribution in [-0.4, -0.2) is 32.6 Å². The Hall–Kier alpha value is -3.21. The molecule has 0 unspecified atom stereocenters. The quantitative estimate of drug-likeness (QED) is 0.172. The summed E-state index contributed by atoms with van der Waals surface area (Å²) in [6.45, 7) is -2.76. The van der Waals surface area contributed by atoms with Gasteiger partial charge >= 0.3 is 12.6 Å². The normalized spacial score (nSPS) is 14.4. The lowest BCUT2D eigenvalue weighted by Gasteiger charge is -2.21. The number of ether oxygens (including phenoxy) is 3. The third-order valence-corrected chi connectivity index (χ3v) is 7.86. The second kappa shape index (κ2) is 12.8. The van der Waals surface area contributed by atoms with Crippen LogP contribution in [0.25, 0.3) is 0 Å². The van der Waals surface area contributed by atoms with Gasteiger partial charge in [-0.15, -0.1) is 0 Å². The SMILES string of the molecule is O=C(/C=C/S(=O)(=O)c1ccccc1)O[C@@H](Cc1c(Cl)cncc1Cl)c1ccc(OC(F)F)c(OCC2CC2)c1. The summed E-state index contributed by atoms with van der Waals surface area (Å²) in [5.74, 6) is -0.759. The van der Waals surface area contributed by atoms with Crippen molar-refractivity contribution < 1.29 is 36.2 Å². The maximum absolute atomic E-state index is 13.0. The fourth-order valence-corrected chi connectivity index (χ4v) is 5.09. The number of aromatic nitrogens is 1. The molecule has 1 aliphatic carbocycles. The molecule has 1 aromatic heterocycles. The number of rotatable bonds is 12. The topological polar surface area (TPSA) is 91.8 Å². The molecule has 39 heavy (non-hydrogen) atoms. The molecule has 0 spiro atoms. The van der Waals surface area contributed by atoms with E-state index in [4.69, 9.17) is 32.7 Å². The average Bonchev–Trinajstić information content (AvgIpc) is 3.73. The number of alkyl halides is 2. The smallest absolute Gasteiger partial charge is 0.387 e. The Morgan fingerprint density at radius 2 is 1.74 bits per heavy atom. The molecule has 0 N–H and O–H groups in total.